The predicted molar refractivity (Wildman–Crippen MR) is 142 cm³/mol. The van der Waals surface area contributed by atoms with Gasteiger partial charge in [0.05, 0.1) is 24.3 Å². The van der Waals surface area contributed by atoms with E-state index in [0.717, 1.165) is 24.8 Å². The molecule has 0 aliphatic carbocycles. The summed E-state index contributed by atoms with van der Waals surface area (Å²) in [7, 11) is 0. The second-order valence-corrected chi connectivity index (χ2v) is 9.64. The molecule has 3 aromatic rings. The Kier molecular flexibility index (Phi) is 9.30. The van der Waals surface area contributed by atoms with E-state index in [1.807, 2.05) is 12.2 Å². The zero-order valence-corrected chi connectivity index (χ0v) is 22.0. The smallest absolute Gasteiger partial charge is 0.416 e. The SMILES string of the molecule is C=C1/C=C\CCCOc2cc(C(=O)OCc3cc(C(F)(F)F)cc(C(F)(F)F)c3)c(c3ccccc23)OCCCC1. The summed E-state index contributed by atoms with van der Waals surface area (Å²) in [6, 6.07) is 9.62. The number of carbonyl (C=O) groups excluding carboxylic acids is 1. The molecule has 3 aromatic carbocycles. The molecule has 0 saturated carbocycles. The molecule has 0 atom stereocenters. The lowest BCUT2D eigenvalue weighted by atomic mass is 10.0. The van der Waals surface area contributed by atoms with Crippen LogP contribution in [0.4, 0.5) is 26.3 Å². The zero-order chi connectivity index (χ0) is 29.6. The van der Waals surface area contributed by atoms with E-state index >= 15 is 0 Å². The first-order valence-corrected chi connectivity index (χ1v) is 13.0. The normalized spacial score (nSPS) is 16.2. The van der Waals surface area contributed by atoms with Crippen molar-refractivity contribution in [1.29, 1.82) is 0 Å². The van der Waals surface area contributed by atoms with Crippen molar-refractivity contribution in [2.45, 2.75) is 51.1 Å². The molecule has 0 aromatic heterocycles. The molecule has 0 unspecified atom stereocenters. The monoisotopic (exact) mass is 578 g/mol. The van der Waals surface area contributed by atoms with E-state index < -0.39 is 41.6 Å². The lowest BCUT2D eigenvalue weighted by Gasteiger charge is -2.18. The van der Waals surface area contributed by atoms with Crippen molar-refractivity contribution < 1.29 is 45.3 Å². The summed E-state index contributed by atoms with van der Waals surface area (Å²) in [5, 5.41) is 1.24. The lowest BCUT2D eigenvalue weighted by molar-refractivity contribution is -0.143. The quantitative estimate of drug-likeness (QED) is 0.230. The standard InChI is InChI=1S/C31H28F6O4/c1-20-9-3-2-7-13-39-27-18-26(28(40-14-8-6-10-20)25-12-5-4-11-24(25)27)29(38)41-19-21-15-22(30(32,33)34)17-23(16-21)31(35,36)37/h3-5,9,11-12,15-18H,1-2,6-8,10,13-14,19H2/b9-3-. The number of hydrogen-bond acceptors (Lipinski definition) is 4. The molecule has 4 nitrogen and oxygen atoms in total. The molecule has 0 N–H and O–H groups in total. The van der Waals surface area contributed by atoms with Gasteiger partial charge in [-0.15, -0.1) is 0 Å². The molecular formula is C31H28F6O4. The van der Waals surface area contributed by atoms with Crippen LogP contribution >= 0.6 is 0 Å². The molecule has 2 heterocycles. The molecule has 41 heavy (non-hydrogen) atoms. The van der Waals surface area contributed by atoms with Gasteiger partial charge in [0.15, 0.2) is 0 Å². The zero-order valence-electron chi connectivity index (χ0n) is 22.0. The van der Waals surface area contributed by atoms with Gasteiger partial charge >= 0.3 is 18.3 Å². The van der Waals surface area contributed by atoms with E-state index in [0.29, 0.717) is 48.1 Å². The molecule has 0 fully saturated rings. The van der Waals surface area contributed by atoms with Gasteiger partial charge in [0.1, 0.15) is 23.7 Å². The van der Waals surface area contributed by atoms with Crippen LogP contribution < -0.4 is 9.47 Å². The first-order chi connectivity index (χ1) is 19.4. The molecule has 218 valence electrons. The molecule has 0 amide bonds. The minimum atomic E-state index is -5.02. The molecule has 0 spiro atoms. The van der Waals surface area contributed by atoms with Gasteiger partial charge in [-0.3, -0.25) is 0 Å². The summed E-state index contributed by atoms with van der Waals surface area (Å²) in [5.41, 5.74) is -2.50. The highest BCUT2D eigenvalue weighted by Crippen LogP contribution is 2.39. The molecule has 2 aliphatic heterocycles. The van der Waals surface area contributed by atoms with E-state index in [1.165, 1.54) is 6.07 Å². The maximum atomic E-state index is 13.3. The fraction of sp³-hybridized carbons (Fsp3) is 0.323. The third kappa shape index (κ3) is 7.83. The molecule has 2 aliphatic rings. The van der Waals surface area contributed by atoms with Crippen LogP contribution in [0.2, 0.25) is 0 Å². The summed E-state index contributed by atoms with van der Waals surface area (Å²) in [6.07, 6.45) is -2.37. The van der Waals surface area contributed by atoms with E-state index in [1.54, 1.807) is 24.3 Å². The highest BCUT2D eigenvalue weighted by Gasteiger charge is 2.37. The largest absolute Gasteiger partial charge is 0.493 e. The number of hydrogen-bond donors (Lipinski definition) is 0. The number of alkyl halides is 6. The number of allylic oxidation sites excluding steroid dienone is 3. The Balaban J connectivity index is 1.67. The number of carbonyl (C=O) groups is 1. The third-order valence-corrected chi connectivity index (χ3v) is 6.46. The molecule has 2 bridgehead atoms. The van der Waals surface area contributed by atoms with Gasteiger partial charge in [-0.05, 0) is 61.9 Å². The maximum absolute atomic E-state index is 13.3. The summed E-state index contributed by atoms with van der Waals surface area (Å²) in [5.74, 6) is -0.401. The third-order valence-electron chi connectivity index (χ3n) is 6.46. The van der Waals surface area contributed by atoms with Gasteiger partial charge in [-0.2, -0.15) is 26.3 Å². The average Bonchev–Trinajstić information content (AvgIpc) is 2.92. The molecule has 0 saturated heterocycles. The lowest BCUT2D eigenvalue weighted by Crippen LogP contribution is -2.14. The van der Waals surface area contributed by atoms with Crippen LogP contribution in [0.25, 0.3) is 10.8 Å². The first kappa shape index (κ1) is 30.0. The number of ether oxygens (including phenoxy) is 3. The Labute approximate surface area is 233 Å². The second kappa shape index (κ2) is 12.7. The Morgan fingerprint density at radius 2 is 1.51 bits per heavy atom. The summed E-state index contributed by atoms with van der Waals surface area (Å²) in [6.45, 7) is 3.81. The topological polar surface area (TPSA) is 44.8 Å². The highest BCUT2D eigenvalue weighted by atomic mass is 19.4. The van der Waals surface area contributed by atoms with E-state index in [9.17, 15) is 31.1 Å². The molecule has 5 rings (SSSR count). The number of halogens is 6. The van der Waals surface area contributed by atoms with Crippen LogP contribution in [0.1, 0.15) is 59.2 Å². The van der Waals surface area contributed by atoms with Crippen LogP contribution in [-0.4, -0.2) is 19.2 Å². The van der Waals surface area contributed by atoms with Crippen molar-refractivity contribution >= 4 is 16.7 Å². The molecule has 10 heteroatoms. The maximum Gasteiger partial charge on any atom is 0.416 e. The van der Waals surface area contributed by atoms with Gasteiger partial charge in [0.2, 0.25) is 0 Å². The summed E-state index contributed by atoms with van der Waals surface area (Å²) < 4.78 is 97.0. The molecule has 0 radical (unpaired) electrons. The summed E-state index contributed by atoms with van der Waals surface area (Å²) in [4.78, 5) is 13.3. The minimum Gasteiger partial charge on any atom is -0.493 e. The van der Waals surface area contributed by atoms with Gasteiger partial charge < -0.3 is 14.2 Å². The van der Waals surface area contributed by atoms with E-state index in [-0.39, 0.29) is 24.0 Å². The van der Waals surface area contributed by atoms with Crippen molar-refractivity contribution in [3.05, 3.63) is 95.1 Å². The van der Waals surface area contributed by atoms with Crippen molar-refractivity contribution in [2.24, 2.45) is 0 Å². The van der Waals surface area contributed by atoms with Gasteiger partial charge in [0, 0.05) is 10.8 Å². The van der Waals surface area contributed by atoms with Crippen LogP contribution in [-0.2, 0) is 23.7 Å². The first-order valence-electron chi connectivity index (χ1n) is 13.0. The fourth-order valence-electron chi connectivity index (χ4n) is 4.42. The summed E-state index contributed by atoms with van der Waals surface area (Å²) >= 11 is 0. The number of benzene rings is 3. The van der Waals surface area contributed by atoms with Crippen molar-refractivity contribution in [3.63, 3.8) is 0 Å². The Bertz CT molecular complexity index is 1410. The highest BCUT2D eigenvalue weighted by molar-refractivity contribution is 6.04. The van der Waals surface area contributed by atoms with Gasteiger partial charge in [-0.1, -0.05) is 48.6 Å². The number of rotatable bonds is 3. The second-order valence-electron chi connectivity index (χ2n) is 9.64. The van der Waals surface area contributed by atoms with Crippen LogP contribution in [0.3, 0.4) is 0 Å². The number of fused-ring (bicyclic) bond motifs is 11. The van der Waals surface area contributed by atoms with Crippen molar-refractivity contribution in [3.8, 4) is 11.5 Å². The van der Waals surface area contributed by atoms with Gasteiger partial charge in [-0.25, -0.2) is 4.79 Å². The fourth-order valence-corrected chi connectivity index (χ4v) is 4.42. The Morgan fingerprint density at radius 3 is 2.20 bits per heavy atom. The van der Waals surface area contributed by atoms with E-state index in [2.05, 4.69) is 6.58 Å². The Morgan fingerprint density at radius 1 is 0.854 bits per heavy atom. The predicted octanol–water partition coefficient (Wildman–Crippen LogP) is 9.07. The van der Waals surface area contributed by atoms with E-state index in [4.69, 9.17) is 14.2 Å². The minimum absolute atomic E-state index is 0.0222. The van der Waals surface area contributed by atoms with Crippen LogP contribution in [0, 0.1) is 0 Å². The van der Waals surface area contributed by atoms with Crippen molar-refractivity contribution in [2.75, 3.05) is 13.2 Å². The van der Waals surface area contributed by atoms with Crippen molar-refractivity contribution in [1.82, 2.24) is 0 Å². The average molecular weight is 579 g/mol. The Hall–Kier alpha value is -3.95. The molecular weight excluding hydrogens is 550 g/mol. The number of esters is 1. The van der Waals surface area contributed by atoms with Gasteiger partial charge in [0.25, 0.3) is 0 Å². The van der Waals surface area contributed by atoms with Crippen LogP contribution in [0.15, 0.2) is 72.8 Å². The van der Waals surface area contributed by atoms with Crippen LogP contribution in [0.5, 0.6) is 11.5 Å².